The predicted molar refractivity (Wildman–Crippen MR) is 87.4 cm³/mol. The first kappa shape index (κ1) is 18.5. The third-order valence-corrected chi connectivity index (χ3v) is 2.79. The highest BCUT2D eigenvalue weighted by Gasteiger charge is 2.22. The number of amides is 1. The summed E-state index contributed by atoms with van der Waals surface area (Å²) in [5.41, 5.74) is 0.235. The summed E-state index contributed by atoms with van der Waals surface area (Å²) in [6, 6.07) is 6.29. The molecule has 0 aliphatic heterocycles. The van der Waals surface area contributed by atoms with E-state index in [0.717, 1.165) is 11.3 Å². The van der Waals surface area contributed by atoms with Crippen molar-refractivity contribution in [3.63, 3.8) is 0 Å². The van der Waals surface area contributed by atoms with E-state index in [2.05, 4.69) is 5.32 Å². The highest BCUT2D eigenvalue weighted by molar-refractivity contribution is 5.80. The molecule has 2 N–H and O–H groups in total. The molecule has 1 rings (SSSR count). The van der Waals surface area contributed by atoms with Gasteiger partial charge in [-0.1, -0.05) is 24.3 Å². The average Bonchev–Trinajstić information content (AvgIpc) is 2.44. The minimum absolute atomic E-state index is 0.153. The van der Waals surface area contributed by atoms with Gasteiger partial charge in [0.1, 0.15) is 17.4 Å². The van der Waals surface area contributed by atoms with Crippen LogP contribution in [0.2, 0.25) is 0 Å². The first-order valence-electron chi connectivity index (χ1n) is 7.24. The second kappa shape index (κ2) is 8.22. The van der Waals surface area contributed by atoms with E-state index in [1.54, 1.807) is 40.0 Å². The number of rotatable bonds is 6. The minimum Gasteiger partial charge on any atom is -0.497 e. The van der Waals surface area contributed by atoms with Crippen LogP contribution >= 0.6 is 0 Å². The quantitative estimate of drug-likeness (QED) is 0.841. The Kier molecular flexibility index (Phi) is 6.63. The maximum absolute atomic E-state index is 11.6. The molecule has 6 nitrogen and oxygen atoms in total. The number of aliphatic carboxylic acids is 1. The Morgan fingerprint density at radius 2 is 1.87 bits per heavy atom. The number of alkyl carbamates (subject to hydrolysis) is 1. The summed E-state index contributed by atoms with van der Waals surface area (Å²) in [6.45, 7) is 5.14. The van der Waals surface area contributed by atoms with Crippen molar-refractivity contribution in [2.24, 2.45) is 0 Å². The van der Waals surface area contributed by atoms with Crippen LogP contribution in [-0.4, -0.2) is 35.9 Å². The molecule has 0 fully saturated rings. The summed E-state index contributed by atoms with van der Waals surface area (Å²) in [7, 11) is 1.59. The maximum atomic E-state index is 11.6. The van der Waals surface area contributed by atoms with Gasteiger partial charge in [-0.3, -0.25) is 0 Å². The van der Waals surface area contributed by atoms with E-state index in [1.165, 1.54) is 0 Å². The standard InChI is InChI=1S/C17H23NO5/c1-17(2,3)23-16(21)18-14(15(19)20)7-5-6-12-8-10-13(22-4)11-9-12/h5-6,8-11,14H,7H2,1-4H3,(H,18,21)(H,19,20). The van der Waals surface area contributed by atoms with Crippen molar-refractivity contribution in [2.75, 3.05) is 7.11 Å². The minimum atomic E-state index is -1.12. The van der Waals surface area contributed by atoms with Crippen LogP contribution in [0, 0.1) is 0 Å². The smallest absolute Gasteiger partial charge is 0.408 e. The number of hydrogen-bond donors (Lipinski definition) is 2. The highest BCUT2D eigenvalue weighted by atomic mass is 16.6. The summed E-state index contributed by atoms with van der Waals surface area (Å²) in [5, 5.41) is 11.5. The van der Waals surface area contributed by atoms with Crippen LogP contribution in [0.5, 0.6) is 5.75 Å². The van der Waals surface area contributed by atoms with Crippen LogP contribution in [0.15, 0.2) is 30.3 Å². The van der Waals surface area contributed by atoms with Gasteiger partial charge in [-0.15, -0.1) is 0 Å². The second-order valence-corrected chi connectivity index (χ2v) is 5.95. The summed E-state index contributed by atoms with van der Waals surface area (Å²) in [4.78, 5) is 22.8. The van der Waals surface area contributed by atoms with Crippen molar-refractivity contribution in [3.8, 4) is 5.75 Å². The lowest BCUT2D eigenvalue weighted by Gasteiger charge is -2.21. The van der Waals surface area contributed by atoms with Gasteiger partial charge in [0.15, 0.2) is 0 Å². The summed E-state index contributed by atoms with van der Waals surface area (Å²) in [6.07, 6.45) is 2.88. The lowest BCUT2D eigenvalue weighted by atomic mass is 10.1. The van der Waals surface area contributed by atoms with Crippen LogP contribution in [0.4, 0.5) is 4.79 Å². The van der Waals surface area contributed by atoms with Crippen molar-refractivity contribution >= 4 is 18.1 Å². The first-order valence-corrected chi connectivity index (χ1v) is 7.24. The summed E-state index contributed by atoms with van der Waals surface area (Å²) >= 11 is 0. The van der Waals surface area contributed by atoms with Gasteiger partial charge >= 0.3 is 12.1 Å². The zero-order chi connectivity index (χ0) is 17.5. The van der Waals surface area contributed by atoms with Crippen molar-refractivity contribution in [1.29, 1.82) is 0 Å². The topological polar surface area (TPSA) is 84.9 Å². The maximum Gasteiger partial charge on any atom is 0.408 e. The monoisotopic (exact) mass is 321 g/mol. The van der Waals surface area contributed by atoms with E-state index in [-0.39, 0.29) is 6.42 Å². The third kappa shape index (κ3) is 7.35. The van der Waals surface area contributed by atoms with Crippen LogP contribution in [0.3, 0.4) is 0 Å². The molecule has 0 saturated heterocycles. The predicted octanol–water partition coefficient (Wildman–Crippen LogP) is 3.08. The Balaban J connectivity index is 2.60. The number of hydrogen-bond acceptors (Lipinski definition) is 4. The number of nitrogens with one attached hydrogen (secondary N) is 1. The number of carboxylic acid groups (broad SMARTS) is 1. The Bertz CT molecular complexity index is 557. The SMILES string of the molecule is COc1ccc(C=CCC(NC(=O)OC(C)(C)C)C(=O)O)cc1. The van der Waals surface area contributed by atoms with Gasteiger partial charge in [0, 0.05) is 0 Å². The van der Waals surface area contributed by atoms with Gasteiger partial charge in [-0.25, -0.2) is 9.59 Å². The van der Waals surface area contributed by atoms with E-state index < -0.39 is 23.7 Å². The number of benzene rings is 1. The van der Waals surface area contributed by atoms with Gasteiger partial charge in [-0.05, 0) is 44.9 Å². The van der Waals surface area contributed by atoms with Crippen molar-refractivity contribution in [2.45, 2.75) is 38.8 Å². The van der Waals surface area contributed by atoms with Crippen LogP contribution in [0.25, 0.3) is 6.08 Å². The fourth-order valence-corrected chi connectivity index (χ4v) is 1.73. The highest BCUT2D eigenvalue weighted by Crippen LogP contribution is 2.13. The number of carboxylic acids is 1. The van der Waals surface area contributed by atoms with E-state index >= 15 is 0 Å². The lowest BCUT2D eigenvalue weighted by Crippen LogP contribution is -2.43. The molecule has 0 aromatic heterocycles. The molecule has 0 aliphatic rings. The summed E-state index contributed by atoms with van der Waals surface area (Å²) in [5.74, 6) is -0.368. The molecule has 126 valence electrons. The molecule has 0 radical (unpaired) electrons. The lowest BCUT2D eigenvalue weighted by molar-refractivity contribution is -0.139. The van der Waals surface area contributed by atoms with Crippen LogP contribution in [-0.2, 0) is 9.53 Å². The molecule has 1 aromatic carbocycles. The molecular weight excluding hydrogens is 298 g/mol. The van der Waals surface area contributed by atoms with Gasteiger partial charge in [0.25, 0.3) is 0 Å². The Morgan fingerprint density at radius 1 is 1.26 bits per heavy atom. The summed E-state index contributed by atoms with van der Waals surface area (Å²) < 4.78 is 10.1. The number of carbonyl (C=O) groups is 2. The molecule has 1 atom stereocenters. The molecule has 1 amide bonds. The average molecular weight is 321 g/mol. The van der Waals surface area contributed by atoms with Gasteiger partial charge in [-0.2, -0.15) is 0 Å². The second-order valence-electron chi connectivity index (χ2n) is 5.95. The van der Waals surface area contributed by atoms with Crippen molar-refractivity contribution < 1.29 is 24.2 Å². The molecule has 0 saturated carbocycles. The van der Waals surface area contributed by atoms with Gasteiger partial charge < -0.3 is 19.9 Å². The molecule has 0 bridgehead atoms. The molecule has 0 heterocycles. The fraction of sp³-hybridized carbons (Fsp3) is 0.412. The van der Waals surface area contributed by atoms with E-state index in [9.17, 15) is 9.59 Å². The molecule has 1 unspecified atom stereocenters. The van der Waals surface area contributed by atoms with E-state index in [0.29, 0.717) is 0 Å². The van der Waals surface area contributed by atoms with Crippen molar-refractivity contribution in [3.05, 3.63) is 35.9 Å². The number of carbonyl (C=O) groups excluding carboxylic acids is 1. The number of ether oxygens (including phenoxy) is 2. The Hall–Kier alpha value is -2.50. The number of methoxy groups -OCH3 is 1. The molecular formula is C17H23NO5. The molecule has 0 spiro atoms. The zero-order valence-corrected chi connectivity index (χ0v) is 13.8. The normalized spacial score (nSPS) is 12.7. The van der Waals surface area contributed by atoms with Crippen LogP contribution < -0.4 is 10.1 Å². The molecule has 23 heavy (non-hydrogen) atoms. The first-order chi connectivity index (χ1) is 10.7. The van der Waals surface area contributed by atoms with E-state index in [4.69, 9.17) is 14.6 Å². The largest absolute Gasteiger partial charge is 0.497 e. The molecule has 0 aliphatic carbocycles. The van der Waals surface area contributed by atoms with Crippen LogP contribution in [0.1, 0.15) is 32.8 Å². The van der Waals surface area contributed by atoms with Crippen molar-refractivity contribution in [1.82, 2.24) is 5.32 Å². The zero-order valence-electron chi connectivity index (χ0n) is 13.8. The van der Waals surface area contributed by atoms with Gasteiger partial charge in [0.05, 0.1) is 7.11 Å². The third-order valence-electron chi connectivity index (χ3n) is 2.79. The molecule has 1 aromatic rings. The van der Waals surface area contributed by atoms with E-state index in [1.807, 2.05) is 24.3 Å². The van der Waals surface area contributed by atoms with Gasteiger partial charge in [0.2, 0.25) is 0 Å². The Morgan fingerprint density at radius 3 is 2.35 bits per heavy atom. The Labute approximate surface area is 136 Å². The molecule has 6 heteroatoms. The fourth-order valence-electron chi connectivity index (χ4n) is 1.73.